The van der Waals surface area contributed by atoms with Crippen molar-refractivity contribution in [2.45, 2.75) is 26.2 Å². The van der Waals surface area contributed by atoms with Gasteiger partial charge in [0.05, 0.1) is 17.3 Å². The van der Waals surface area contributed by atoms with E-state index >= 15 is 0 Å². The number of hydrogen-bond donors (Lipinski definition) is 1. The van der Waals surface area contributed by atoms with E-state index in [-0.39, 0.29) is 5.91 Å². The van der Waals surface area contributed by atoms with Gasteiger partial charge in [0.15, 0.2) is 0 Å². The highest BCUT2D eigenvalue weighted by atomic mass is 35.5. The van der Waals surface area contributed by atoms with Crippen LogP contribution in [-0.4, -0.2) is 25.6 Å². The molecule has 0 aromatic heterocycles. The summed E-state index contributed by atoms with van der Waals surface area (Å²) < 4.78 is 5.39. The van der Waals surface area contributed by atoms with Crippen molar-refractivity contribution in [1.82, 2.24) is 0 Å². The van der Waals surface area contributed by atoms with Crippen LogP contribution >= 0.6 is 11.6 Å². The average Bonchev–Trinajstić information content (AvgIpc) is 2.63. The molecule has 0 bridgehead atoms. The molecule has 5 heteroatoms. The summed E-state index contributed by atoms with van der Waals surface area (Å²) in [4.78, 5) is 14.7. The number of benzene rings is 2. The number of nitrogens with zero attached hydrogens (tertiary/aromatic N) is 1. The van der Waals surface area contributed by atoms with Crippen molar-refractivity contribution in [3.8, 4) is 5.75 Å². The van der Waals surface area contributed by atoms with E-state index in [1.807, 2.05) is 25.1 Å². The number of piperidine rings is 1. The van der Waals surface area contributed by atoms with Crippen LogP contribution in [0.15, 0.2) is 42.5 Å². The molecule has 1 heterocycles. The van der Waals surface area contributed by atoms with Crippen LogP contribution in [0.5, 0.6) is 5.75 Å². The van der Waals surface area contributed by atoms with Gasteiger partial charge >= 0.3 is 0 Å². The molecular formula is C20H23ClN2O2. The fourth-order valence-corrected chi connectivity index (χ4v) is 3.35. The molecule has 1 N–H and O–H groups in total. The van der Waals surface area contributed by atoms with Gasteiger partial charge in [0.2, 0.25) is 0 Å². The molecule has 1 saturated heterocycles. The van der Waals surface area contributed by atoms with Crippen molar-refractivity contribution in [3.05, 3.63) is 53.1 Å². The standard InChI is InChI=1S/C20H23ClN2O2/c1-2-25-17-9-6-15(7-10-17)20(24)22-16-8-11-19(18(21)14-16)23-12-4-3-5-13-23/h6-11,14H,2-5,12-13H2,1H3,(H,22,24). The number of carbonyl (C=O) groups excluding carboxylic acids is 1. The number of carbonyl (C=O) groups is 1. The largest absolute Gasteiger partial charge is 0.494 e. The van der Waals surface area contributed by atoms with E-state index in [1.54, 1.807) is 24.3 Å². The Morgan fingerprint density at radius 2 is 1.84 bits per heavy atom. The van der Waals surface area contributed by atoms with Gasteiger partial charge in [-0.05, 0) is 68.7 Å². The second-order valence-electron chi connectivity index (χ2n) is 6.13. The van der Waals surface area contributed by atoms with Crippen molar-refractivity contribution in [1.29, 1.82) is 0 Å². The summed E-state index contributed by atoms with van der Waals surface area (Å²) in [5.74, 6) is 0.595. The minimum Gasteiger partial charge on any atom is -0.494 e. The lowest BCUT2D eigenvalue weighted by Crippen LogP contribution is -2.29. The van der Waals surface area contributed by atoms with E-state index in [0.29, 0.717) is 22.9 Å². The Morgan fingerprint density at radius 3 is 2.48 bits per heavy atom. The third-order valence-corrected chi connectivity index (χ3v) is 4.63. The third kappa shape index (κ3) is 4.45. The van der Waals surface area contributed by atoms with Crippen LogP contribution in [0.25, 0.3) is 0 Å². The topological polar surface area (TPSA) is 41.6 Å². The Hall–Kier alpha value is -2.20. The lowest BCUT2D eigenvalue weighted by Gasteiger charge is -2.29. The van der Waals surface area contributed by atoms with Gasteiger partial charge < -0.3 is 15.0 Å². The SMILES string of the molecule is CCOc1ccc(C(=O)Nc2ccc(N3CCCCC3)c(Cl)c2)cc1. The van der Waals surface area contributed by atoms with Crippen LogP contribution in [0.2, 0.25) is 5.02 Å². The zero-order valence-electron chi connectivity index (χ0n) is 14.4. The summed E-state index contributed by atoms with van der Waals surface area (Å²) in [6.07, 6.45) is 3.68. The van der Waals surface area contributed by atoms with E-state index < -0.39 is 0 Å². The number of amides is 1. The highest BCUT2D eigenvalue weighted by Gasteiger charge is 2.15. The van der Waals surface area contributed by atoms with Crippen molar-refractivity contribution in [2.24, 2.45) is 0 Å². The van der Waals surface area contributed by atoms with Gasteiger partial charge in [-0.2, -0.15) is 0 Å². The maximum atomic E-state index is 12.4. The van der Waals surface area contributed by atoms with Gasteiger partial charge in [-0.1, -0.05) is 11.6 Å². The molecule has 132 valence electrons. The maximum absolute atomic E-state index is 12.4. The quantitative estimate of drug-likeness (QED) is 0.819. The van der Waals surface area contributed by atoms with E-state index in [0.717, 1.165) is 24.5 Å². The first-order chi connectivity index (χ1) is 12.2. The van der Waals surface area contributed by atoms with Crippen molar-refractivity contribution >= 4 is 28.9 Å². The van der Waals surface area contributed by atoms with Crippen LogP contribution in [0.3, 0.4) is 0 Å². The molecule has 0 aliphatic carbocycles. The van der Waals surface area contributed by atoms with Gasteiger partial charge in [0.25, 0.3) is 5.91 Å². The second-order valence-corrected chi connectivity index (χ2v) is 6.53. The van der Waals surface area contributed by atoms with Gasteiger partial charge in [-0.15, -0.1) is 0 Å². The molecule has 2 aromatic carbocycles. The van der Waals surface area contributed by atoms with E-state index in [2.05, 4.69) is 10.2 Å². The van der Waals surface area contributed by atoms with Crippen LogP contribution in [0, 0.1) is 0 Å². The fourth-order valence-electron chi connectivity index (χ4n) is 3.05. The lowest BCUT2D eigenvalue weighted by molar-refractivity contribution is 0.102. The van der Waals surface area contributed by atoms with E-state index in [4.69, 9.17) is 16.3 Å². The summed E-state index contributed by atoms with van der Waals surface area (Å²) in [5.41, 5.74) is 2.32. The van der Waals surface area contributed by atoms with Crippen LogP contribution < -0.4 is 15.0 Å². The maximum Gasteiger partial charge on any atom is 0.255 e. The first-order valence-electron chi connectivity index (χ1n) is 8.76. The zero-order valence-corrected chi connectivity index (χ0v) is 15.2. The molecule has 1 aliphatic rings. The molecule has 0 unspecified atom stereocenters. The number of ether oxygens (including phenoxy) is 1. The van der Waals surface area contributed by atoms with Crippen molar-refractivity contribution < 1.29 is 9.53 Å². The number of anilines is 2. The van der Waals surface area contributed by atoms with Crippen LogP contribution in [-0.2, 0) is 0 Å². The zero-order chi connectivity index (χ0) is 17.6. The summed E-state index contributed by atoms with van der Waals surface area (Å²) >= 11 is 6.44. The molecule has 0 saturated carbocycles. The predicted molar refractivity (Wildman–Crippen MR) is 103 cm³/mol. The van der Waals surface area contributed by atoms with Gasteiger partial charge in [0, 0.05) is 24.3 Å². The molecule has 2 aromatic rings. The number of halogens is 1. The molecule has 4 nitrogen and oxygen atoms in total. The Labute approximate surface area is 153 Å². The van der Waals surface area contributed by atoms with Gasteiger partial charge in [0.1, 0.15) is 5.75 Å². The fraction of sp³-hybridized carbons (Fsp3) is 0.350. The summed E-state index contributed by atoms with van der Waals surface area (Å²) in [6.45, 7) is 4.61. The molecule has 0 radical (unpaired) electrons. The Morgan fingerprint density at radius 1 is 1.12 bits per heavy atom. The average molecular weight is 359 g/mol. The molecule has 1 amide bonds. The summed E-state index contributed by atoms with van der Waals surface area (Å²) in [5, 5.41) is 3.57. The van der Waals surface area contributed by atoms with E-state index in [1.165, 1.54) is 19.3 Å². The molecule has 25 heavy (non-hydrogen) atoms. The smallest absolute Gasteiger partial charge is 0.255 e. The predicted octanol–water partition coefficient (Wildman–Crippen LogP) is 4.98. The van der Waals surface area contributed by atoms with Crippen LogP contribution in [0.1, 0.15) is 36.5 Å². The summed E-state index contributed by atoms with van der Waals surface area (Å²) in [6, 6.07) is 12.8. The monoisotopic (exact) mass is 358 g/mol. The minimum atomic E-state index is -0.162. The molecule has 0 spiro atoms. The minimum absolute atomic E-state index is 0.162. The first-order valence-corrected chi connectivity index (χ1v) is 9.14. The Balaban J connectivity index is 1.67. The van der Waals surface area contributed by atoms with E-state index in [9.17, 15) is 4.79 Å². The van der Waals surface area contributed by atoms with Crippen molar-refractivity contribution in [3.63, 3.8) is 0 Å². The number of hydrogen-bond acceptors (Lipinski definition) is 3. The second kappa shape index (κ2) is 8.26. The number of rotatable bonds is 5. The third-order valence-electron chi connectivity index (χ3n) is 4.33. The van der Waals surface area contributed by atoms with Gasteiger partial charge in [-0.3, -0.25) is 4.79 Å². The highest BCUT2D eigenvalue weighted by molar-refractivity contribution is 6.33. The van der Waals surface area contributed by atoms with Crippen LogP contribution in [0.4, 0.5) is 11.4 Å². The molecular weight excluding hydrogens is 336 g/mol. The Kier molecular flexibility index (Phi) is 5.82. The van der Waals surface area contributed by atoms with Gasteiger partial charge in [-0.25, -0.2) is 0 Å². The highest BCUT2D eigenvalue weighted by Crippen LogP contribution is 2.31. The summed E-state index contributed by atoms with van der Waals surface area (Å²) in [7, 11) is 0. The Bertz CT molecular complexity index is 725. The first kappa shape index (κ1) is 17.6. The molecule has 1 aliphatic heterocycles. The van der Waals surface area contributed by atoms with Crippen molar-refractivity contribution in [2.75, 3.05) is 29.9 Å². The molecule has 3 rings (SSSR count). The lowest BCUT2D eigenvalue weighted by atomic mass is 10.1. The number of nitrogens with one attached hydrogen (secondary N) is 1. The normalized spacial score (nSPS) is 14.2. The molecule has 0 atom stereocenters. The molecule has 1 fully saturated rings.